The Kier molecular flexibility index (Phi) is 6.28. The summed E-state index contributed by atoms with van der Waals surface area (Å²) >= 11 is 0. The van der Waals surface area contributed by atoms with Crippen LogP contribution in [-0.2, 0) is 9.59 Å². The lowest BCUT2D eigenvalue weighted by molar-refractivity contribution is -0.140. The zero-order chi connectivity index (χ0) is 16.9. The molecule has 0 fully saturated rings. The third kappa shape index (κ3) is 4.98. The van der Waals surface area contributed by atoms with Gasteiger partial charge in [-0.15, -0.1) is 0 Å². The summed E-state index contributed by atoms with van der Waals surface area (Å²) in [5.74, 6) is -1.58. The molecule has 0 aliphatic carbocycles. The summed E-state index contributed by atoms with van der Waals surface area (Å²) in [5.41, 5.74) is 1.18. The number of hydrogen-bond donors (Lipinski definition) is 1. The maximum Gasteiger partial charge on any atom is 0.308 e. The van der Waals surface area contributed by atoms with Gasteiger partial charge < -0.3 is 10.0 Å². The summed E-state index contributed by atoms with van der Waals surface area (Å²) < 4.78 is 0. The smallest absolute Gasteiger partial charge is 0.308 e. The molecule has 22 heavy (non-hydrogen) atoms. The molecule has 1 rings (SSSR count). The molecule has 1 aromatic carbocycles. The average molecular weight is 305 g/mol. The molecular weight excluding hydrogens is 282 g/mol. The normalized spacial score (nSPS) is 12.0. The van der Waals surface area contributed by atoms with Gasteiger partial charge in [0.05, 0.1) is 5.92 Å². The van der Waals surface area contributed by atoms with Crippen LogP contribution >= 0.6 is 0 Å². The second-order valence-electron chi connectivity index (χ2n) is 5.94. The van der Waals surface area contributed by atoms with Gasteiger partial charge in [0.2, 0.25) is 5.91 Å². The van der Waals surface area contributed by atoms with Crippen molar-refractivity contribution in [3.05, 3.63) is 29.8 Å². The summed E-state index contributed by atoms with van der Waals surface area (Å²) in [4.78, 5) is 36.3. The quantitative estimate of drug-likeness (QED) is 0.786. The number of carboxylic acid groups (broad SMARTS) is 1. The van der Waals surface area contributed by atoms with Crippen molar-refractivity contribution in [1.29, 1.82) is 0 Å². The van der Waals surface area contributed by atoms with Crippen molar-refractivity contribution in [2.45, 2.75) is 34.1 Å². The number of ketones is 1. The molecule has 1 aromatic rings. The number of carbonyl (C=O) groups excluding carboxylic acids is 2. The van der Waals surface area contributed by atoms with Crippen LogP contribution in [0.15, 0.2) is 24.3 Å². The lowest BCUT2D eigenvalue weighted by atomic mass is 10.1. The largest absolute Gasteiger partial charge is 0.481 e. The summed E-state index contributed by atoms with van der Waals surface area (Å²) in [5, 5.41) is 9.08. The van der Waals surface area contributed by atoms with Crippen molar-refractivity contribution in [3.63, 3.8) is 0 Å². The van der Waals surface area contributed by atoms with E-state index in [2.05, 4.69) is 0 Å². The van der Waals surface area contributed by atoms with E-state index in [0.29, 0.717) is 17.7 Å². The molecule has 1 unspecified atom stereocenters. The standard InChI is InChI=1S/C17H23NO4/c1-11(2)9-16(20)18(10-12(3)17(21)22)15-7-5-14(6-8-15)13(4)19/h5-8,11-12H,9-10H2,1-4H3,(H,21,22). The number of carbonyl (C=O) groups is 3. The number of nitrogens with zero attached hydrogens (tertiary/aromatic N) is 1. The Labute approximate surface area is 130 Å². The number of benzene rings is 1. The summed E-state index contributed by atoms with van der Waals surface area (Å²) in [6.07, 6.45) is 0.348. The first-order valence-electron chi connectivity index (χ1n) is 7.36. The first-order chi connectivity index (χ1) is 10.2. The summed E-state index contributed by atoms with van der Waals surface area (Å²) in [7, 11) is 0. The molecule has 0 spiro atoms. The first kappa shape index (κ1) is 17.9. The van der Waals surface area contributed by atoms with Crippen molar-refractivity contribution in [3.8, 4) is 0 Å². The number of amides is 1. The van der Waals surface area contributed by atoms with E-state index in [1.165, 1.54) is 11.8 Å². The van der Waals surface area contributed by atoms with Crippen molar-refractivity contribution in [2.24, 2.45) is 11.8 Å². The van der Waals surface area contributed by atoms with Gasteiger partial charge in [-0.1, -0.05) is 20.8 Å². The SMILES string of the molecule is CC(=O)c1ccc(N(CC(C)C(=O)O)C(=O)CC(C)C)cc1. The lowest BCUT2D eigenvalue weighted by Crippen LogP contribution is -2.37. The highest BCUT2D eigenvalue weighted by molar-refractivity contribution is 5.96. The van der Waals surface area contributed by atoms with Gasteiger partial charge >= 0.3 is 5.97 Å². The van der Waals surface area contributed by atoms with Crippen LogP contribution in [0.3, 0.4) is 0 Å². The van der Waals surface area contributed by atoms with Crippen molar-refractivity contribution >= 4 is 23.3 Å². The van der Waals surface area contributed by atoms with Gasteiger partial charge in [-0.2, -0.15) is 0 Å². The zero-order valence-corrected chi connectivity index (χ0v) is 13.5. The van der Waals surface area contributed by atoms with Crippen molar-refractivity contribution < 1.29 is 19.5 Å². The van der Waals surface area contributed by atoms with Gasteiger partial charge in [0.1, 0.15) is 0 Å². The predicted octanol–water partition coefficient (Wildman–Crippen LogP) is 2.99. The molecule has 0 aliphatic rings. The molecule has 1 atom stereocenters. The molecule has 1 amide bonds. The number of hydrogen-bond acceptors (Lipinski definition) is 3. The minimum Gasteiger partial charge on any atom is -0.481 e. The predicted molar refractivity (Wildman–Crippen MR) is 85.1 cm³/mol. The van der Waals surface area contributed by atoms with E-state index >= 15 is 0 Å². The molecule has 0 saturated carbocycles. The van der Waals surface area contributed by atoms with Gasteiger partial charge in [0.15, 0.2) is 5.78 Å². The molecule has 0 bridgehead atoms. The minimum atomic E-state index is -0.942. The number of Topliss-reactive ketones (excluding diaryl/α,β-unsaturated/α-hetero) is 1. The van der Waals surface area contributed by atoms with Crippen LogP contribution in [0.1, 0.15) is 44.5 Å². The van der Waals surface area contributed by atoms with E-state index in [1.54, 1.807) is 31.2 Å². The first-order valence-corrected chi connectivity index (χ1v) is 7.36. The van der Waals surface area contributed by atoms with Crippen LogP contribution in [-0.4, -0.2) is 29.3 Å². The van der Waals surface area contributed by atoms with Crippen LogP contribution in [0, 0.1) is 11.8 Å². The third-order valence-corrected chi connectivity index (χ3v) is 3.35. The molecule has 0 radical (unpaired) electrons. The number of aliphatic carboxylic acids is 1. The second-order valence-corrected chi connectivity index (χ2v) is 5.94. The van der Waals surface area contributed by atoms with Gasteiger partial charge in [-0.05, 0) is 37.1 Å². The Balaban J connectivity index is 3.04. The average Bonchev–Trinajstić information content (AvgIpc) is 2.43. The van der Waals surface area contributed by atoms with Crippen LogP contribution < -0.4 is 4.90 Å². The van der Waals surface area contributed by atoms with E-state index in [4.69, 9.17) is 5.11 Å². The van der Waals surface area contributed by atoms with Crippen LogP contribution in [0.25, 0.3) is 0 Å². The molecule has 5 heteroatoms. The van der Waals surface area contributed by atoms with E-state index < -0.39 is 11.9 Å². The Morgan fingerprint density at radius 2 is 1.64 bits per heavy atom. The number of carboxylic acids is 1. The highest BCUT2D eigenvalue weighted by atomic mass is 16.4. The van der Waals surface area contributed by atoms with E-state index in [-0.39, 0.29) is 24.2 Å². The number of rotatable bonds is 7. The fraction of sp³-hybridized carbons (Fsp3) is 0.471. The molecule has 0 aliphatic heterocycles. The van der Waals surface area contributed by atoms with Crippen molar-refractivity contribution in [1.82, 2.24) is 0 Å². The highest BCUT2D eigenvalue weighted by Gasteiger charge is 2.22. The molecule has 120 valence electrons. The molecule has 1 N–H and O–H groups in total. The maximum absolute atomic E-state index is 12.4. The second kappa shape index (κ2) is 7.73. The van der Waals surface area contributed by atoms with E-state index in [1.807, 2.05) is 13.8 Å². The maximum atomic E-state index is 12.4. The Morgan fingerprint density at radius 3 is 2.05 bits per heavy atom. The lowest BCUT2D eigenvalue weighted by Gasteiger charge is -2.25. The number of anilines is 1. The molecule has 0 saturated heterocycles. The Morgan fingerprint density at radius 1 is 1.09 bits per heavy atom. The Bertz CT molecular complexity index is 548. The molecular formula is C17H23NO4. The van der Waals surface area contributed by atoms with Gasteiger partial charge in [0, 0.05) is 24.2 Å². The summed E-state index contributed by atoms with van der Waals surface area (Å²) in [6.45, 7) is 7.04. The van der Waals surface area contributed by atoms with E-state index in [0.717, 1.165) is 0 Å². The summed E-state index contributed by atoms with van der Waals surface area (Å²) in [6, 6.07) is 6.67. The van der Waals surface area contributed by atoms with Gasteiger partial charge in [-0.3, -0.25) is 14.4 Å². The van der Waals surface area contributed by atoms with E-state index in [9.17, 15) is 14.4 Å². The van der Waals surface area contributed by atoms with Crippen molar-refractivity contribution in [2.75, 3.05) is 11.4 Å². The fourth-order valence-electron chi connectivity index (χ4n) is 2.04. The van der Waals surface area contributed by atoms with Crippen LogP contribution in [0.2, 0.25) is 0 Å². The van der Waals surface area contributed by atoms with Crippen LogP contribution in [0.4, 0.5) is 5.69 Å². The third-order valence-electron chi connectivity index (χ3n) is 3.35. The van der Waals surface area contributed by atoms with Crippen LogP contribution in [0.5, 0.6) is 0 Å². The van der Waals surface area contributed by atoms with Gasteiger partial charge in [0.25, 0.3) is 0 Å². The molecule has 0 aromatic heterocycles. The monoisotopic (exact) mass is 305 g/mol. The minimum absolute atomic E-state index is 0.0505. The topological polar surface area (TPSA) is 74.7 Å². The highest BCUT2D eigenvalue weighted by Crippen LogP contribution is 2.20. The molecule has 5 nitrogen and oxygen atoms in total. The molecule has 0 heterocycles. The fourth-order valence-corrected chi connectivity index (χ4v) is 2.04. The Hall–Kier alpha value is -2.17. The van der Waals surface area contributed by atoms with Gasteiger partial charge in [-0.25, -0.2) is 0 Å². The zero-order valence-electron chi connectivity index (χ0n) is 13.5.